The van der Waals surface area contributed by atoms with Gasteiger partial charge in [0, 0.05) is 6.92 Å². The summed E-state index contributed by atoms with van der Waals surface area (Å²) in [7, 11) is 3.09. The van der Waals surface area contributed by atoms with Gasteiger partial charge in [-0.3, -0.25) is 14.2 Å². The van der Waals surface area contributed by atoms with Crippen LogP contribution < -0.4 is 33.8 Å². The molecule has 3 aromatic rings. The van der Waals surface area contributed by atoms with Crippen LogP contribution in [0.25, 0.3) is 6.08 Å². The highest BCUT2D eigenvalue weighted by atomic mass is 32.1. The molecule has 0 aliphatic carbocycles. The van der Waals surface area contributed by atoms with Gasteiger partial charge in [-0.05, 0) is 62.2 Å². The SMILES string of the molecule is CCOC(=O)C1=C(C)N=c2sc(=Cc3ccc(OC)c(OC)c3)c(=O)n2C1c1ccc(OC(C)=O)c(OCC)c1. The van der Waals surface area contributed by atoms with Crippen LogP contribution in [0.2, 0.25) is 0 Å². The van der Waals surface area contributed by atoms with E-state index in [2.05, 4.69) is 4.99 Å². The minimum absolute atomic E-state index is 0.154. The molecule has 0 radical (unpaired) electrons. The van der Waals surface area contributed by atoms with Gasteiger partial charge in [0.15, 0.2) is 27.8 Å². The van der Waals surface area contributed by atoms with E-state index in [9.17, 15) is 14.4 Å². The summed E-state index contributed by atoms with van der Waals surface area (Å²) in [6, 6.07) is 9.42. The maximum atomic E-state index is 13.9. The van der Waals surface area contributed by atoms with Crippen molar-refractivity contribution in [3.8, 4) is 23.0 Å². The largest absolute Gasteiger partial charge is 0.493 e. The van der Waals surface area contributed by atoms with Gasteiger partial charge >= 0.3 is 11.9 Å². The van der Waals surface area contributed by atoms with E-state index in [0.29, 0.717) is 44.4 Å². The van der Waals surface area contributed by atoms with E-state index in [0.717, 1.165) is 5.56 Å². The highest BCUT2D eigenvalue weighted by Gasteiger charge is 2.34. The van der Waals surface area contributed by atoms with E-state index in [4.69, 9.17) is 23.7 Å². The molecule has 0 spiro atoms. The molecule has 2 aromatic carbocycles. The minimum Gasteiger partial charge on any atom is -0.493 e. The molecule has 0 saturated carbocycles. The molecule has 11 heteroatoms. The summed E-state index contributed by atoms with van der Waals surface area (Å²) in [6.45, 7) is 6.98. The highest BCUT2D eigenvalue weighted by molar-refractivity contribution is 7.07. The number of allylic oxidation sites excluding steroid dienone is 1. The van der Waals surface area contributed by atoms with E-state index in [-0.39, 0.29) is 23.5 Å². The molecular weight excluding hydrogens is 536 g/mol. The van der Waals surface area contributed by atoms with E-state index >= 15 is 0 Å². The lowest BCUT2D eigenvalue weighted by Crippen LogP contribution is -2.40. The quantitative estimate of drug-likeness (QED) is 0.287. The fourth-order valence-electron chi connectivity index (χ4n) is 4.40. The molecular formula is C29H30N2O8S. The summed E-state index contributed by atoms with van der Waals surface area (Å²) in [4.78, 5) is 43.7. The third kappa shape index (κ3) is 5.64. The molecule has 4 rings (SSSR count). The van der Waals surface area contributed by atoms with Crippen molar-refractivity contribution < 1.29 is 33.3 Å². The minimum atomic E-state index is -0.853. The normalized spacial score (nSPS) is 14.8. The lowest BCUT2D eigenvalue weighted by atomic mass is 9.95. The Morgan fingerprint density at radius 1 is 1.00 bits per heavy atom. The number of rotatable bonds is 9. The molecule has 1 unspecified atom stereocenters. The number of carbonyl (C=O) groups is 2. The van der Waals surface area contributed by atoms with E-state index in [1.165, 1.54) is 22.8 Å². The summed E-state index contributed by atoms with van der Waals surface area (Å²) in [5.41, 5.74) is 1.62. The maximum absolute atomic E-state index is 13.9. The van der Waals surface area contributed by atoms with Crippen molar-refractivity contribution >= 4 is 29.4 Å². The Balaban J connectivity index is 1.94. The average molecular weight is 567 g/mol. The van der Waals surface area contributed by atoms with Gasteiger partial charge in [-0.25, -0.2) is 9.79 Å². The number of esters is 2. The fraction of sp³-hybridized carbons (Fsp3) is 0.310. The predicted molar refractivity (Wildman–Crippen MR) is 149 cm³/mol. The van der Waals surface area contributed by atoms with E-state index in [1.54, 1.807) is 71.4 Å². The second kappa shape index (κ2) is 12.2. The van der Waals surface area contributed by atoms with Gasteiger partial charge in [0.1, 0.15) is 0 Å². The Morgan fingerprint density at radius 3 is 2.38 bits per heavy atom. The third-order valence-corrected chi connectivity index (χ3v) is 7.04. The van der Waals surface area contributed by atoms with Crippen LogP contribution in [0.5, 0.6) is 23.0 Å². The topological polar surface area (TPSA) is 115 Å². The van der Waals surface area contributed by atoms with E-state index < -0.39 is 18.0 Å². The zero-order chi connectivity index (χ0) is 29.0. The summed E-state index contributed by atoms with van der Waals surface area (Å²) in [6.07, 6.45) is 1.74. The third-order valence-electron chi connectivity index (χ3n) is 6.06. The predicted octanol–water partition coefficient (Wildman–Crippen LogP) is 3.14. The Bertz CT molecular complexity index is 1670. The highest BCUT2D eigenvalue weighted by Crippen LogP contribution is 2.36. The smallest absolute Gasteiger partial charge is 0.338 e. The number of ether oxygens (including phenoxy) is 5. The lowest BCUT2D eigenvalue weighted by molar-refractivity contribution is -0.139. The molecule has 40 heavy (non-hydrogen) atoms. The molecule has 0 saturated heterocycles. The van der Waals surface area contributed by atoms with E-state index in [1.807, 2.05) is 6.07 Å². The van der Waals surface area contributed by atoms with Gasteiger partial charge in [0.05, 0.1) is 49.3 Å². The molecule has 0 N–H and O–H groups in total. The first-order valence-electron chi connectivity index (χ1n) is 12.6. The summed E-state index contributed by atoms with van der Waals surface area (Å²) >= 11 is 1.20. The summed E-state index contributed by atoms with van der Waals surface area (Å²) in [5.74, 6) is 0.555. The number of benzene rings is 2. The lowest BCUT2D eigenvalue weighted by Gasteiger charge is -2.25. The molecule has 10 nitrogen and oxygen atoms in total. The van der Waals surface area contributed by atoms with Gasteiger partial charge in [-0.15, -0.1) is 0 Å². The molecule has 0 bridgehead atoms. The van der Waals surface area contributed by atoms with Gasteiger partial charge in [0.25, 0.3) is 5.56 Å². The zero-order valence-corrected chi connectivity index (χ0v) is 23.9. The Labute approximate surface area is 234 Å². The van der Waals surface area contributed by atoms with Crippen molar-refractivity contribution in [1.82, 2.24) is 4.57 Å². The maximum Gasteiger partial charge on any atom is 0.338 e. The molecule has 1 aliphatic heterocycles. The number of nitrogens with zero attached hydrogens (tertiary/aromatic N) is 2. The number of methoxy groups -OCH3 is 2. The number of fused-ring (bicyclic) bond motifs is 1. The van der Waals surface area contributed by atoms with Crippen molar-refractivity contribution in [3.05, 3.63) is 78.5 Å². The molecule has 1 atom stereocenters. The molecule has 210 valence electrons. The standard InChI is InChI=1S/C29H30N2O8S/c1-7-37-23-15-19(10-12-21(23)39-17(4)32)26-25(28(34)38-8-2)16(3)30-29-31(26)27(33)24(40-29)14-18-9-11-20(35-5)22(13-18)36-6/h9-15,26H,7-8H2,1-6H3. The second-order valence-corrected chi connectivity index (χ2v) is 9.66. The molecule has 2 heterocycles. The van der Waals surface area contributed by atoms with Gasteiger partial charge < -0.3 is 23.7 Å². The molecule has 0 amide bonds. The zero-order valence-electron chi connectivity index (χ0n) is 23.1. The summed E-state index contributed by atoms with van der Waals surface area (Å²) < 4.78 is 29.0. The first-order chi connectivity index (χ1) is 19.2. The summed E-state index contributed by atoms with van der Waals surface area (Å²) in [5, 5.41) is 0. The van der Waals surface area contributed by atoms with Crippen LogP contribution in [0.15, 0.2) is 57.5 Å². The average Bonchev–Trinajstić information content (AvgIpc) is 3.22. The van der Waals surface area contributed by atoms with Crippen LogP contribution in [0, 0.1) is 0 Å². The van der Waals surface area contributed by atoms with Crippen LogP contribution in [-0.4, -0.2) is 43.9 Å². The van der Waals surface area contributed by atoms with Gasteiger partial charge in [-0.2, -0.15) is 0 Å². The first kappa shape index (κ1) is 28.6. The number of hydrogen-bond acceptors (Lipinski definition) is 10. The van der Waals surface area contributed by atoms with Crippen LogP contribution >= 0.6 is 11.3 Å². The second-order valence-electron chi connectivity index (χ2n) is 8.65. The van der Waals surface area contributed by atoms with Crippen molar-refractivity contribution in [2.75, 3.05) is 27.4 Å². The fourth-order valence-corrected chi connectivity index (χ4v) is 5.45. The number of thiazole rings is 1. The monoisotopic (exact) mass is 566 g/mol. The van der Waals surface area contributed by atoms with Gasteiger partial charge in [0.2, 0.25) is 0 Å². The van der Waals surface area contributed by atoms with Crippen molar-refractivity contribution in [2.45, 2.75) is 33.7 Å². The van der Waals surface area contributed by atoms with Crippen LogP contribution in [0.1, 0.15) is 44.9 Å². The van der Waals surface area contributed by atoms with Crippen LogP contribution in [-0.2, 0) is 14.3 Å². The Kier molecular flexibility index (Phi) is 8.73. The number of hydrogen-bond donors (Lipinski definition) is 0. The Morgan fingerprint density at radius 2 is 1.73 bits per heavy atom. The molecule has 1 aliphatic rings. The Hall–Kier alpha value is -4.38. The van der Waals surface area contributed by atoms with Gasteiger partial charge in [-0.1, -0.05) is 23.5 Å². The van der Waals surface area contributed by atoms with Crippen molar-refractivity contribution in [3.63, 3.8) is 0 Å². The van der Waals surface area contributed by atoms with Crippen molar-refractivity contribution in [1.29, 1.82) is 0 Å². The first-order valence-corrected chi connectivity index (χ1v) is 13.4. The number of carbonyl (C=O) groups excluding carboxylic acids is 2. The molecule has 0 fully saturated rings. The number of aromatic nitrogens is 1. The van der Waals surface area contributed by atoms with Crippen LogP contribution in [0.3, 0.4) is 0 Å². The molecule has 1 aromatic heterocycles. The van der Waals surface area contributed by atoms with Crippen LogP contribution in [0.4, 0.5) is 0 Å². The van der Waals surface area contributed by atoms with Crippen molar-refractivity contribution in [2.24, 2.45) is 4.99 Å².